The van der Waals surface area contributed by atoms with E-state index in [1.54, 1.807) is 41.5 Å². The standard InChI is InChI=1S/C22H18Cl2N6O3S2/c1-33-17-5-3-2-4-16(17)30-18(11-26-20(32)14-10-13(23)6-7-15(14)24)28-29-22(30)35-12-19(31)27-21-25-8-9-34-21/h2-10H,11-12H2,1H3,(H,26,32)(H,25,27,31). The Hall–Kier alpha value is -3.12. The Labute approximate surface area is 218 Å². The van der Waals surface area contributed by atoms with Gasteiger partial charge in [0, 0.05) is 16.6 Å². The smallest absolute Gasteiger partial charge is 0.253 e. The molecule has 0 atom stereocenters. The molecule has 2 aromatic heterocycles. The van der Waals surface area contributed by atoms with Crippen molar-refractivity contribution in [2.45, 2.75) is 11.7 Å². The summed E-state index contributed by atoms with van der Waals surface area (Å²) in [6, 6.07) is 12.0. The zero-order valence-electron chi connectivity index (χ0n) is 18.2. The lowest BCUT2D eigenvalue weighted by Crippen LogP contribution is -2.25. The highest BCUT2D eigenvalue weighted by Gasteiger charge is 2.20. The zero-order chi connectivity index (χ0) is 24.8. The Bertz CT molecular complexity index is 1350. The number of nitrogens with zero attached hydrogens (tertiary/aromatic N) is 4. The summed E-state index contributed by atoms with van der Waals surface area (Å²) in [5, 5.41) is 17.4. The second-order valence-electron chi connectivity index (χ2n) is 6.89. The minimum atomic E-state index is -0.413. The fourth-order valence-electron chi connectivity index (χ4n) is 3.06. The number of amides is 2. The second-order valence-corrected chi connectivity index (χ2v) is 9.57. The van der Waals surface area contributed by atoms with Gasteiger partial charge < -0.3 is 15.4 Å². The molecule has 13 heteroatoms. The number of ether oxygens (including phenoxy) is 1. The summed E-state index contributed by atoms with van der Waals surface area (Å²) in [6.07, 6.45) is 1.61. The van der Waals surface area contributed by atoms with Gasteiger partial charge in [-0.2, -0.15) is 0 Å². The van der Waals surface area contributed by atoms with Crippen molar-refractivity contribution in [2.24, 2.45) is 0 Å². The van der Waals surface area contributed by atoms with Gasteiger partial charge in [0.2, 0.25) is 5.91 Å². The number of nitrogens with one attached hydrogen (secondary N) is 2. The maximum atomic E-state index is 12.7. The Kier molecular flexibility index (Phi) is 8.24. The maximum absolute atomic E-state index is 12.7. The fourth-order valence-corrected chi connectivity index (χ4v) is 4.75. The van der Waals surface area contributed by atoms with Crippen LogP contribution in [0.5, 0.6) is 5.75 Å². The highest BCUT2D eigenvalue weighted by atomic mass is 35.5. The van der Waals surface area contributed by atoms with Crippen LogP contribution in [-0.2, 0) is 11.3 Å². The van der Waals surface area contributed by atoms with E-state index in [1.165, 1.54) is 29.2 Å². The molecule has 4 aromatic rings. The lowest BCUT2D eigenvalue weighted by atomic mass is 10.2. The summed E-state index contributed by atoms with van der Waals surface area (Å²) < 4.78 is 7.24. The van der Waals surface area contributed by atoms with Crippen LogP contribution >= 0.6 is 46.3 Å². The van der Waals surface area contributed by atoms with Crippen LogP contribution in [0.3, 0.4) is 0 Å². The number of hydrogen-bond acceptors (Lipinski definition) is 8. The number of hydrogen-bond donors (Lipinski definition) is 2. The van der Waals surface area contributed by atoms with Crippen LogP contribution in [0.15, 0.2) is 59.2 Å². The zero-order valence-corrected chi connectivity index (χ0v) is 21.3. The first kappa shape index (κ1) is 25.0. The second kappa shape index (κ2) is 11.5. The molecule has 9 nitrogen and oxygen atoms in total. The highest BCUT2D eigenvalue weighted by Crippen LogP contribution is 2.29. The predicted molar refractivity (Wildman–Crippen MR) is 137 cm³/mol. The van der Waals surface area contributed by atoms with E-state index in [9.17, 15) is 9.59 Å². The third-order valence-electron chi connectivity index (χ3n) is 4.62. The molecule has 2 amide bonds. The van der Waals surface area contributed by atoms with Crippen molar-refractivity contribution in [3.63, 3.8) is 0 Å². The molecule has 0 spiro atoms. The van der Waals surface area contributed by atoms with Crippen molar-refractivity contribution in [1.82, 2.24) is 25.1 Å². The number of anilines is 1. The van der Waals surface area contributed by atoms with E-state index in [4.69, 9.17) is 27.9 Å². The van der Waals surface area contributed by atoms with Crippen molar-refractivity contribution < 1.29 is 14.3 Å². The van der Waals surface area contributed by atoms with E-state index < -0.39 is 5.91 Å². The molecule has 0 saturated heterocycles. The summed E-state index contributed by atoms with van der Waals surface area (Å²) in [7, 11) is 1.56. The molecule has 0 unspecified atom stereocenters. The molecular weight excluding hydrogens is 531 g/mol. The van der Waals surface area contributed by atoms with Crippen LogP contribution < -0.4 is 15.4 Å². The number of carbonyl (C=O) groups excluding carboxylic acids is 2. The Balaban J connectivity index is 1.57. The SMILES string of the molecule is COc1ccccc1-n1c(CNC(=O)c2cc(Cl)ccc2Cl)nnc1SCC(=O)Nc1nccs1. The Morgan fingerprint density at radius 1 is 1.17 bits per heavy atom. The third-order valence-corrected chi connectivity index (χ3v) is 6.80. The summed E-state index contributed by atoms with van der Waals surface area (Å²) in [5.74, 6) is 0.446. The van der Waals surface area contributed by atoms with Gasteiger partial charge in [-0.3, -0.25) is 14.2 Å². The molecule has 0 bridgehead atoms. The van der Waals surface area contributed by atoms with Crippen molar-refractivity contribution in [1.29, 1.82) is 0 Å². The molecule has 35 heavy (non-hydrogen) atoms. The van der Waals surface area contributed by atoms with Gasteiger partial charge in [-0.1, -0.05) is 47.1 Å². The van der Waals surface area contributed by atoms with Crippen LogP contribution in [0.4, 0.5) is 5.13 Å². The minimum Gasteiger partial charge on any atom is -0.495 e. The highest BCUT2D eigenvalue weighted by molar-refractivity contribution is 7.99. The van der Waals surface area contributed by atoms with Gasteiger partial charge in [-0.05, 0) is 30.3 Å². The van der Waals surface area contributed by atoms with E-state index in [-0.39, 0.29) is 28.8 Å². The molecular formula is C22H18Cl2N6O3S2. The summed E-state index contributed by atoms with van der Waals surface area (Å²) in [6.45, 7) is 0.0403. The van der Waals surface area contributed by atoms with Crippen LogP contribution in [0.1, 0.15) is 16.2 Å². The van der Waals surface area contributed by atoms with Crippen LogP contribution in [0.25, 0.3) is 5.69 Å². The molecule has 2 heterocycles. The number of halogens is 2. The number of thioether (sulfide) groups is 1. The lowest BCUT2D eigenvalue weighted by Gasteiger charge is -2.14. The molecule has 0 aliphatic rings. The molecule has 2 aromatic carbocycles. The normalized spacial score (nSPS) is 10.7. The number of benzene rings is 2. The topological polar surface area (TPSA) is 111 Å². The van der Waals surface area contributed by atoms with Crippen LogP contribution in [0.2, 0.25) is 10.0 Å². The van der Waals surface area contributed by atoms with Gasteiger partial charge in [0.1, 0.15) is 5.75 Å². The third kappa shape index (κ3) is 6.12. The van der Waals surface area contributed by atoms with E-state index in [0.29, 0.717) is 32.6 Å². The first-order valence-corrected chi connectivity index (χ1v) is 12.7. The summed E-state index contributed by atoms with van der Waals surface area (Å²) in [4.78, 5) is 29.2. The average molecular weight is 549 g/mol. The largest absolute Gasteiger partial charge is 0.495 e. The number of rotatable bonds is 9. The van der Waals surface area contributed by atoms with Crippen molar-refractivity contribution in [3.8, 4) is 11.4 Å². The first-order valence-electron chi connectivity index (χ1n) is 10.1. The number of methoxy groups -OCH3 is 1. The summed E-state index contributed by atoms with van der Waals surface area (Å²) in [5.41, 5.74) is 0.906. The number of carbonyl (C=O) groups is 2. The summed E-state index contributed by atoms with van der Waals surface area (Å²) >= 11 is 14.7. The molecule has 2 N–H and O–H groups in total. The maximum Gasteiger partial charge on any atom is 0.253 e. The molecule has 4 rings (SSSR count). The van der Waals surface area contributed by atoms with E-state index >= 15 is 0 Å². The van der Waals surface area contributed by atoms with Gasteiger partial charge in [-0.15, -0.1) is 21.5 Å². The molecule has 0 fully saturated rings. The van der Waals surface area contributed by atoms with Crippen LogP contribution in [-0.4, -0.2) is 44.4 Å². The van der Waals surface area contributed by atoms with Gasteiger partial charge in [0.15, 0.2) is 16.1 Å². The molecule has 180 valence electrons. The van der Waals surface area contributed by atoms with Gasteiger partial charge in [-0.25, -0.2) is 4.98 Å². The van der Waals surface area contributed by atoms with Crippen LogP contribution in [0, 0.1) is 0 Å². The number of thiazole rings is 1. The molecule has 0 saturated carbocycles. The minimum absolute atomic E-state index is 0.0403. The average Bonchev–Trinajstić information content (AvgIpc) is 3.52. The van der Waals surface area contributed by atoms with E-state index in [0.717, 1.165) is 0 Å². The van der Waals surface area contributed by atoms with Crippen molar-refractivity contribution >= 4 is 63.2 Å². The lowest BCUT2D eigenvalue weighted by molar-refractivity contribution is -0.113. The Morgan fingerprint density at radius 3 is 2.77 bits per heavy atom. The molecule has 0 radical (unpaired) electrons. The van der Waals surface area contributed by atoms with E-state index in [2.05, 4.69) is 25.8 Å². The fraction of sp³-hybridized carbons (Fsp3) is 0.136. The number of aromatic nitrogens is 4. The molecule has 0 aliphatic heterocycles. The molecule has 0 aliphatic carbocycles. The number of para-hydroxylation sites is 2. The first-order chi connectivity index (χ1) is 17.0. The quantitative estimate of drug-likeness (QED) is 0.291. The van der Waals surface area contributed by atoms with Crippen molar-refractivity contribution in [2.75, 3.05) is 18.2 Å². The Morgan fingerprint density at radius 2 is 2.00 bits per heavy atom. The predicted octanol–water partition coefficient (Wildman–Crippen LogP) is 4.70. The van der Waals surface area contributed by atoms with Gasteiger partial charge >= 0.3 is 0 Å². The van der Waals surface area contributed by atoms with Gasteiger partial charge in [0.05, 0.1) is 35.7 Å². The monoisotopic (exact) mass is 548 g/mol. The van der Waals surface area contributed by atoms with Crippen molar-refractivity contribution in [3.05, 3.63) is 75.5 Å². The van der Waals surface area contributed by atoms with E-state index in [1.807, 2.05) is 18.2 Å². The van der Waals surface area contributed by atoms with Gasteiger partial charge in [0.25, 0.3) is 5.91 Å².